The van der Waals surface area contributed by atoms with E-state index in [1.165, 1.54) is 0 Å². The lowest BCUT2D eigenvalue weighted by Crippen LogP contribution is -2.28. The van der Waals surface area contributed by atoms with Gasteiger partial charge < -0.3 is 19.8 Å². The fourth-order valence-corrected chi connectivity index (χ4v) is 3.90. The predicted molar refractivity (Wildman–Crippen MR) is 122 cm³/mol. The summed E-state index contributed by atoms with van der Waals surface area (Å²) in [6.07, 6.45) is 0. The Bertz CT molecular complexity index is 956. The highest BCUT2D eigenvalue weighted by molar-refractivity contribution is 8.00. The molecule has 0 aliphatic heterocycles. The summed E-state index contributed by atoms with van der Waals surface area (Å²) in [5, 5.41) is 3.15. The number of amides is 1. The molecule has 1 amide bonds. The van der Waals surface area contributed by atoms with Crippen LogP contribution >= 0.6 is 11.8 Å². The molecule has 0 radical (unpaired) electrons. The molecule has 2 aromatic carbocycles. The lowest BCUT2D eigenvalue weighted by molar-refractivity contribution is -0.119. The molecule has 0 aliphatic carbocycles. The van der Waals surface area contributed by atoms with Crippen LogP contribution in [0.2, 0.25) is 0 Å². The molecule has 1 aromatic heterocycles. The Morgan fingerprint density at radius 3 is 2.57 bits per heavy atom. The van der Waals surface area contributed by atoms with E-state index in [-0.39, 0.29) is 17.2 Å². The second-order valence-corrected chi connectivity index (χ2v) is 8.28. The average molecular weight is 428 g/mol. The lowest BCUT2D eigenvalue weighted by Gasteiger charge is -2.18. The molecule has 0 bridgehead atoms. The molecule has 1 heterocycles. The Morgan fingerprint density at radius 1 is 1.10 bits per heavy atom. The zero-order valence-electron chi connectivity index (χ0n) is 17.9. The van der Waals surface area contributed by atoms with Crippen LogP contribution in [0.25, 0.3) is 11.0 Å². The van der Waals surface area contributed by atoms with E-state index in [1.54, 1.807) is 11.8 Å². The van der Waals surface area contributed by atoms with Gasteiger partial charge in [0.05, 0.1) is 41.3 Å². The summed E-state index contributed by atoms with van der Waals surface area (Å²) in [6, 6.07) is 13.6. The van der Waals surface area contributed by atoms with Gasteiger partial charge in [0.25, 0.3) is 0 Å². The maximum Gasteiger partial charge on any atom is 0.230 e. The lowest BCUT2D eigenvalue weighted by atomic mass is 10.1. The smallest absolute Gasteiger partial charge is 0.230 e. The number of aromatic nitrogens is 2. The first kappa shape index (κ1) is 22.0. The van der Waals surface area contributed by atoms with Gasteiger partial charge in [0.2, 0.25) is 5.91 Å². The van der Waals surface area contributed by atoms with Crippen molar-refractivity contribution in [3.63, 3.8) is 0 Å². The number of aromatic amines is 1. The Kier molecular flexibility index (Phi) is 7.63. The van der Waals surface area contributed by atoms with Crippen molar-refractivity contribution >= 4 is 28.7 Å². The normalized spacial score (nSPS) is 13.1. The van der Waals surface area contributed by atoms with Gasteiger partial charge in [-0.15, -0.1) is 11.8 Å². The molecule has 0 fully saturated rings. The summed E-state index contributed by atoms with van der Waals surface area (Å²) in [5.74, 6) is 2.65. The van der Waals surface area contributed by atoms with Crippen LogP contribution in [0.15, 0.2) is 42.5 Å². The van der Waals surface area contributed by atoms with Gasteiger partial charge in [0.15, 0.2) is 11.5 Å². The molecule has 2 unspecified atom stereocenters. The molecule has 2 N–H and O–H groups in total. The molecule has 0 saturated heterocycles. The van der Waals surface area contributed by atoms with Gasteiger partial charge in [-0.2, -0.15) is 0 Å². The van der Waals surface area contributed by atoms with Gasteiger partial charge in [-0.25, -0.2) is 4.98 Å². The van der Waals surface area contributed by atoms with Crippen molar-refractivity contribution < 1.29 is 14.3 Å². The number of H-pyrrole nitrogens is 1. The van der Waals surface area contributed by atoms with Gasteiger partial charge in [-0.3, -0.25) is 4.79 Å². The highest BCUT2D eigenvalue weighted by atomic mass is 32.2. The molecule has 30 heavy (non-hydrogen) atoms. The molecule has 160 valence electrons. The molecule has 7 heteroatoms. The summed E-state index contributed by atoms with van der Waals surface area (Å²) in [7, 11) is 0. The number of ether oxygens (including phenoxy) is 2. The molecule has 2 atom stereocenters. The molecule has 3 aromatic rings. The number of rotatable bonds is 10. The van der Waals surface area contributed by atoms with Crippen LogP contribution in [0.4, 0.5) is 0 Å². The topological polar surface area (TPSA) is 76.2 Å². The predicted octanol–water partition coefficient (Wildman–Crippen LogP) is 5.03. The van der Waals surface area contributed by atoms with Crippen molar-refractivity contribution in [3.8, 4) is 11.5 Å². The van der Waals surface area contributed by atoms with Crippen LogP contribution in [-0.4, -0.2) is 34.8 Å². The molecular weight excluding hydrogens is 398 g/mol. The molecule has 3 rings (SSSR count). The van der Waals surface area contributed by atoms with Crippen LogP contribution < -0.4 is 14.8 Å². The molecule has 6 nitrogen and oxygen atoms in total. The van der Waals surface area contributed by atoms with E-state index in [0.717, 1.165) is 28.2 Å². The van der Waals surface area contributed by atoms with Gasteiger partial charge >= 0.3 is 0 Å². The summed E-state index contributed by atoms with van der Waals surface area (Å²) in [5.41, 5.74) is 2.93. The number of nitrogens with one attached hydrogen (secondary N) is 2. The van der Waals surface area contributed by atoms with Crippen molar-refractivity contribution in [2.24, 2.45) is 0 Å². The summed E-state index contributed by atoms with van der Waals surface area (Å²) >= 11 is 1.56. The minimum atomic E-state index is -0.130. The number of carbonyl (C=O) groups is 1. The third-order valence-electron chi connectivity index (χ3n) is 4.70. The van der Waals surface area contributed by atoms with E-state index >= 15 is 0 Å². The number of imidazole rings is 1. The quantitative estimate of drug-likeness (QED) is 0.474. The van der Waals surface area contributed by atoms with Crippen molar-refractivity contribution in [2.75, 3.05) is 19.0 Å². The van der Waals surface area contributed by atoms with Crippen molar-refractivity contribution in [2.45, 2.75) is 39.0 Å². The molecule has 0 saturated carbocycles. The van der Waals surface area contributed by atoms with Crippen LogP contribution in [0.3, 0.4) is 0 Å². The summed E-state index contributed by atoms with van der Waals surface area (Å²) in [4.78, 5) is 20.4. The van der Waals surface area contributed by atoms with E-state index < -0.39 is 0 Å². The van der Waals surface area contributed by atoms with E-state index in [4.69, 9.17) is 9.47 Å². The molecular formula is C23H29N3O3S. The zero-order chi connectivity index (χ0) is 21.5. The first-order chi connectivity index (χ1) is 14.5. The highest BCUT2D eigenvalue weighted by Gasteiger charge is 2.16. The van der Waals surface area contributed by atoms with Crippen molar-refractivity contribution in [1.29, 1.82) is 0 Å². The van der Waals surface area contributed by atoms with E-state index in [2.05, 4.69) is 22.2 Å². The zero-order valence-corrected chi connectivity index (χ0v) is 18.7. The van der Waals surface area contributed by atoms with Crippen molar-refractivity contribution in [1.82, 2.24) is 15.3 Å². The standard InChI is InChI=1S/C23H29N3O3S/c1-5-28-20-12-11-17(13-21(20)29-6-2)15(3)24-22(27)14-30-16(4)23-25-18-9-7-8-10-19(18)26-23/h7-13,15-16H,5-6,14H2,1-4H3,(H,24,27)(H,25,26). The summed E-state index contributed by atoms with van der Waals surface area (Å²) < 4.78 is 11.3. The van der Waals surface area contributed by atoms with Gasteiger partial charge in [0, 0.05) is 0 Å². The monoisotopic (exact) mass is 427 g/mol. The minimum Gasteiger partial charge on any atom is -0.490 e. The largest absolute Gasteiger partial charge is 0.490 e. The third-order valence-corrected chi connectivity index (χ3v) is 5.85. The minimum absolute atomic E-state index is 0.0118. The molecule has 0 aliphatic rings. The van der Waals surface area contributed by atoms with Gasteiger partial charge in [0.1, 0.15) is 5.82 Å². The van der Waals surface area contributed by atoms with E-state index in [1.807, 2.05) is 63.2 Å². The van der Waals surface area contributed by atoms with Gasteiger partial charge in [-0.05, 0) is 57.5 Å². The first-order valence-corrected chi connectivity index (χ1v) is 11.3. The Hall–Kier alpha value is -2.67. The second kappa shape index (κ2) is 10.4. The van der Waals surface area contributed by atoms with E-state index in [9.17, 15) is 4.79 Å². The van der Waals surface area contributed by atoms with Crippen LogP contribution in [0.5, 0.6) is 11.5 Å². The highest BCUT2D eigenvalue weighted by Crippen LogP contribution is 2.31. The average Bonchev–Trinajstić information content (AvgIpc) is 3.18. The van der Waals surface area contributed by atoms with Crippen LogP contribution in [0.1, 0.15) is 50.4 Å². The fraction of sp³-hybridized carbons (Fsp3) is 0.391. The van der Waals surface area contributed by atoms with Crippen LogP contribution in [0, 0.1) is 0 Å². The Morgan fingerprint density at radius 2 is 1.83 bits per heavy atom. The Labute approximate surface area is 181 Å². The fourth-order valence-electron chi connectivity index (χ4n) is 3.15. The summed E-state index contributed by atoms with van der Waals surface area (Å²) in [6.45, 7) is 9.04. The van der Waals surface area contributed by atoms with Crippen LogP contribution in [-0.2, 0) is 4.79 Å². The number of para-hydroxylation sites is 2. The number of hydrogen-bond donors (Lipinski definition) is 2. The number of nitrogens with zero attached hydrogens (tertiary/aromatic N) is 1. The van der Waals surface area contributed by atoms with Gasteiger partial charge in [-0.1, -0.05) is 18.2 Å². The SMILES string of the molecule is CCOc1ccc(C(C)NC(=O)CSC(C)c2nc3ccccc3[nH]2)cc1OCC. The van der Waals surface area contributed by atoms with E-state index in [0.29, 0.717) is 24.7 Å². The number of hydrogen-bond acceptors (Lipinski definition) is 5. The number of fused-ring (bicyclic) bond motifs is 1. The number of carbonyl (C=O) groups excluding carboxylic acids is 1. The third kappa shape index (κ3) is 5.48. The maximum absolute atomic E-state index is 12.5. The second-order valence-electron chi connectivity index (χ2n) is 6.95. The number of benzene rings is 2. The maximum atomic E-state index is 12.5. The first-order valence-electron chi connectivity index (χ1n) is 10.3. The Balaban J connectivity index is 1.56. The van der Waals surface area contributed by atoms with Crippen molar-refractivity contribution in [3.05, 3.63) is 53.9 Å². The molecule has 0 spiro atoms. The number of thioether (sulfide) groups is 1.